The molecule has 0 fully saturated rings. The number of carboxylic acids is 1. The van der Waals surface area contributed by atoms with Crippen molar-refractivity contribution in [3.05, 3.63) is 59.7 Å². The number of amides is 2. The molecule has 2 amide bonds. The second-order valence-electron chi connectivity index (χ2n) is 9.29. The summed E-state index contributed by atoms with van der Waals surface area (Å²) < 4.78 is 44.5. The van der Waals surface area contributed by atoms with Crippen LogP contribution in [0, 0.1) is 5.41 Å². The van der Waals surface area contributed by atoms with Crippen molar-refractivity contribution in [2.75, 3.05) is 13.2 Å². The van der Waals surface area contributed by atoms with Gasteiger partial charge in [0.05, 0.1) is 12.8 Å². The van der Waals surface area contributed by atoms with Gasteiger partial charge in [-0.1, -0.05) is 62.4 Å². The number of aliphatic carboxylic acids is 1. The Hall–Kier alpha value is -3.56. The first kappa shape index (κ1) is 26.1. The van der Waals surface area contributed by atoms with E-state index in [-0.39, 0.29) is 25.5 Å². The highest BCUT2D eigenvalue weighted by atomic mass is 19.4. The van der Waals surface area contributed by atoms with Gasteiger partial charge in [-0.2, -0.15) is 13.2 Å². The van der Waals surface area contributed by atoms with E-state index in [1.807, 2.05) is 53.8 Å². The summed E-state index contributed by atoms with van der Waals surface area (Å²) >= 11 is 0. The third kappa shape index (κ3) is 6.97. The maximum atomic E-state index is 13.1. The van der Waals surface area contributed by atoms with Crippen LogP contribution in [0.2, 0.25) is 0 Å². The SMILES string of the molecule is CC(C)(CNC(=O)C(CC(F)(F)F)NC(=O)OCC1c2ccccc2-c2ccccc21)CC(=O)O. The van der Waals surface area contributed by atoms with E-state index in [0.717, 1.165) is 22.3 Å². The Balaban J connectivity index is 1.65. The molecule has 0 aliphatic heterocycles. The Morgan fingerprint density at radius 3 is 2.06 bits per heavy atom. The molecule has 2 aromatic rings. The van der Waals surface area contributed by atoms with Crippen molar-refractivity contribution in [2.45, 2.75) is 44.8 Å². The van der Waals surface area contributed by atoms with Gasteiger partial charge in [-0.25, -0.2) is 4.79 Å². The van der Waals surface area contributed by atoms with Crippen molar-refractivity contribution in [1.29, 1.82) is 0 Å². The van der Waals surface area contributed by atoms with Crippen molar-refractivity contribution < 1.29 is 37.4 Å². The lowest BCUT2D eigenvalue weighted by molar-refractivity contribution is -0.149. The van der Waals surface area contributed by atoms with Crippen LogP contribution in [-0.2, 0) is 14.3 Å². The van der Waals surface area contributed by atoms with E-state index in [4.69, 9.17) is 9.84 Å². The number of alkyl carbamates (subject to hydrolysis) is 1. The molecular formula is C25H27F3N2O5. The first-order valence-corrected chi connectivity index (χ1v) is 11.0. The molecule has 3 N–H and O–H groups in total. The third-order valence-electron chi connectivity index (χ3n) is 5.76. The van der Waals surface area contributed by atoms with E-state index in [0.29, 0.717) is 0 Å². The Kier molecular flexibility index (Phi) is 7.72. The summed E-state index contributed by atoms with van der Waals surface area (Å²) in [6.07, 6.45) is -7.77. The summed E-state index contributed by atoms with van der Waals surface area (Å²) in [6, 6.07) is 13.3. The molecule has 1 aliphatic rings. The van der Waals surface area contributed by atoms with E-state index in [1.54, 1.807) is 13.8 Å². The van der Waals surface area contributed by atoms with E-state index in [2.05, 4.69) is 5.32 Å². The zero-order valence-electron chi connectivity index (χ0n) is 19.3. The van der Waals surface area contributed by atoms with Gasteiger partial charge < -0.3 is 20.5 Å². The maximum absolute atomic E-state index is 13.1. The zero-order chi connectivity index (χ0) is 25.8. The van der Waals surface area contributed by atoms with Gasteiger partial charge in [0.25, 0.3) is 0 Å². The van der Waals surface area contributed by atoms with Crippen LogP contribution in [0.5, 0.6) is 0 Å². The molecule has 10 heteroatoms. The minimum Gasteiger partial charge on any atom is -0.481 e. The summed E-state index contributed by atoms with van der Waals surface area (Å²) in [6.45, 7) is 2.81. The molecule has 0 radical (unpaired) electrons. The van der Waals surface area contributed by atoms with Gasteiger partial charge in [0.15, 0.2) is 0 Å². The van der Waals surface area contributed by atoms with Crippen molar-refractivity contribution in [2.24, 2.45) is 5.41 Å². The zero-order valence-corrected chi connectivity index (χ0v) is 19.3. The lowest BCUT2D eigenvalue weighted by Gasteiger charge is -2.25. The maximum Gasteiger partial charge on any atom is 0.407 e. The molecule has 3 rings (SSSR count). The number of carbonyl (C=O) groups excluding carboxylic acids is 2. The van der Waals surface area contributed by atoms with Crippen LogP contribution in [0.3, 0.4) is 0 Å². The highest BCUT2D eigenvalue weighted by Gasteiger charge is 2.37. The highest BCUT2D eigenvalue weighted by Crippen LogP contribution is 2.44. The van der Waals surface area contributed by atoms with Crippen molar-refractivity contribution in [1.82, 2.24) is 10.6 Å². The molecule has 0 saturated heterocycles. The highest BCUT2D eigenvalue weighted by molar-refractivity contribution is 5.86. The van der Waals surface area contributed by atoms with Gasteiger partial charge in [-0.3, -0.25) is 9.59 Å². The molecule has 0 aromatic heterocycles. The molecule has 2 aromatic carbocycles. The van der Waals surface area contributed by atoms with E-state index >= 15 is 0 Å². The van der Waals surface area contributed by atoms with Gasteiger partial charge in [0.1, 0.15) is 12.6 Å². The number of hydrogen-bond donors (Lipinski definition) is 3. The monoisotopic (exact) mass is 492 g/mol. The Morgan fingerprint density at radius 2 is 1.54 bits per heavy atom. The number of carboxylic acid groups (broad SMARTS) is 1. The van der Waals surface area contributed by atoms with E-state index in [9.17, 15) is 27.6 Å². The number of fused-ring (bicyclic) bond motifs is 3. The number of benzene rings is 2. The van der Waals surface area contributed by atoms with Crippen LogP contribution in [0.25, 0.3) is 11.1 Å². The predicted molar refractivity (Wildman–Crippen MR) is 122 cm³/mol. The summed E-state index contributed by atoms with van der Waals surface area (Å²) in [5, 5.41) is 13.3. The smallest absolute Gasteiger partial charge is 0.407 e. The Bertz CT molecular complexity index is 1060. The van der Waals surface area contributed by atoms with Crippen LogP contribution < -0.4 is 10.6 Å². The van der Waals surface area contributed by atoms with Gasteiger partial charge in [-0.05, 0) is 27.7 Å². The van der Waals surface area contributed by atoms with Crippen LogP contribution in [0.4, 0.5) is 18.0 Å². The van der Waals surface area contributed by atoms with Crippen LogP contribution in [0.1, 0.15) is 43.7 Å². The second-order valence-corrected chi connectivity index (χ2v) is 9.29. The molecule has 0 saturated carbocycles. The quantitative estimate of drug-likeness (QED) is 0.479. The van der Waals surface area contributed by atoms with E-state index in [1.165, 1.54) is 0 Å². The van der Waals surface area contributed by atoms with Crippen LogP contribution in [-0.4, -0.2) is 48.4 Å². The van der Waals surface area contributed by atoms with Gasteiger partial charge in [0.2, 0.25) is 5.91 Å². The Morgan fingerprint density at radius 1 is 1.00 bits per heavy atom. The fraction of sp³-hybridized carbons (Fsp3) is 0.400. The second kappa shape index (κ2) is 10.4. The average molecular weight is 492 g/mol. The molecule has 0 bridgehead atoms. The molecule has 0 heterocycles. The fourth-order valence-electron chi connectivity index (χ4n) is 4.14. The van der Waals surface area contributed by atoms with Crippen molar-refractivity contribution in [3.8, 4) is 11.1 Å². The predicted octanol–water partition coefficient (Wildman–Crippen LogP) is 4.46. The number of halogens is 3. The first-order chi connectivity index (χ1) is 16.4. The third-order valence-corrected chi connectivity index (χ3v) is 5.76. The number of rotatable bonds is 9. The largest absolute Gasteiger partial charge is 0.481 e. The number of hydrogen-bond acceptors (Lipinski definition) is 4. The normalized spacial score (nSPS) is 14.0. The average Bonchev–Trinajstić information content (AvgIpc) is 3.08. The summed E-state index contributed by atoms with van der Waals surface area (Å²) in [7, 11) is 0. The molecule has 1 aliphatic carbocycles. The number of carbonyl (C=O) groups is 3. The van der Waals surface area contributed by atoms with Crippen molar-refractivity contribution >= 4 is 18.0 Å². The minimum atomic E-state index is -4.73. The van der Waals surface area contributed by atoms with Crippen LogP contribution in [0.15, 0.2) is 48.5 Å². The van der Waals surface area contributed by atoms with Gasteiger partial charge >= 0.3 is 18.2 Å². The molecule has 1 atom stereocenters. The molecule has 35 heavy (non-hydrogen) atoms. The lowest BCUT2D eigenvalue weighted by Crippen LogP contribution is -2.50. The van der Waals surface area contributed by atoms with Crippen LogP contribution >= 0.6 is 0 Å². The number of nitrogens with one attached hydrogen (secondary N) is 2. The topological polar surface area (TPSA) is 105 Å². The summed E-state index contributed by atoms with van der Waals surface area (Å²) in [5.74, 6) is -2.47. The fourth-order valence-corrected chi connectivity index (χ4v) is 4.14. The Labute approximate surface area is 200 Å². The molecular weight excluding hydrogens is 465 g/mol. The summed E-state index contributed by atoms with van der Waals surface area (Å²) in [5.41, 5.74) is 2.97. The number of alkyl halides is 3. The molecule has 0 spiro atoms. The van der Waals surface area contributed by atoms with E-state index < -0.39 is 42.0 Å². The minimum absolute atomic E-state index is 0.119. The summed E-state index contributed by atoms with van der Waals surface area (Å²) in [4.78, 5) is 35.8. The molecule has 7 nitrogen and oxygen atoms in total. The van der Waals surface area contributed by atoms with Crippen molar-refractivity contribution in [3.63, 3.8) is 0 Å². The molecule has 188 valence electrons. The van der Waals surface area contributed by atoms with Gasteiger partial charge in [-0.15, -0.1) is 0 Å². The first-order valence-electron chi connectivity index (χ1n) is 11.0. The lowest BCUT2D eigenvalue weighted by atomic mass is 9.89. The standard InChI is InChI=1S/C25H27F3N2O5/c1-24(2,12-21(31)32)14-29-22(33)20(11-25(26,27)28)30-23(34)35-13-19-17-9-5-3-7-15(17)16-8-4-6-10-18(16)19/h3-10,19-20H,11-14H2,1-2H3,(H,29,33)(H,30,34)(H,31,32). The molecule has 1 unspecified atom stereocenters. The number of ether oxygens (including phenoxy) is 1. The van der Waals surface area contributed by atoms with Gasteiger partial charge in [0, 0.05) is 12.5 Å².